The number of hydrogen-bond donors (Lipinski definition) is 1. The maximum absolute atomic E-state index is 12.9. The van der Waals surface area contributed by atoms with Gasteiger partial charge in [-0.25, -0.2) is 0 Å². The number of aryl methyl sites for hydroxylation is 1. The largest absolute Gasteiger partial charge is 0.507 e. The molecule has 0 fully saturated rings. The Hall–Kier alpha value is -3.08. The number of carbonyl (C=O) groups excluding carboxylic acids is 2. The standard InChI is InChI=1S/C19H17NO4/c1-11-7-15-14(12(2)21)8-13(10-20(15)9-11)19(23)18-16(22)5-4-6-17(18)24-3/h4-10,22H,1-3H3. The van der Waals surface area contributed by atoms with E-state index in [0.717, 1.165) is 11.1 Å². The fraction of sp³-hybridized carbons (Fsp3) is 0.158. The number of rotatable bonds is 4. The highest BCUT2D eigenvalue weighted by Gasteiger charge is 2.21. The number of fused-ring (bicyclic) bond motifs is 1. The number of nitrogens with zero attached hydrogens (tertiary/aromatic N) is 1. The number of benzene rings is 1. The van der Waals surface area contributed by atoms with Crippen LogP contribution in [0.3, 0.4) is 0 Å². The average Bonchev–Trinajstić information content (AvgIpc) is 2.92. The van der Waals surface area contributed by atoms with E-state index >= 15 is 0 Å². The maximum atomic E-state index is 12.9. The molecule has 0 atom stereocenters. The maximum Gasteiger partial charge on any atom is 0.202 e. The third-order valence-electron chi connectivity index (χ3n) is 3.93. The molecule has 5 heteroatoms. The first-order valence-corrected chi connectivity index (χ1v) is 7.46. The van der Waals surface area contributed by atoms with E-state index in [0.29, 0.717) is 11.1 Å². The predicted molar refractivity (Wildman–Crippen MR) is 90.2 cm³/mol. The van der Waals surface area contributed by atoms with Crippen molar-refractivity contribution < 1.29 is 19.4 Å². The molecule has 0 aliphatic carbocycles. The lowest BCUT2D eigenvalue weighted by molar-refractivity contribution is 0.101. The molecule has 0 amide bonds. The van der Waals surface area contributed by atoms with Gasteiger partial charge in [-0.05, 0) is 43.7 Å². The zero-order valence-electron chi connectivity index (χ0n) is 13.7. The smallest absolute Gasteiger partial charge is 0.202 e. The molecule has 2 heterocycles. The number of hydrogen-bond acceptors (Lipinski definition) is 4. The summed E-state index contributed by atoms with van der Waals surface area (Å²) in [6.45, 7) is 3.39. The van der Waals surface area contributed by atoms with Crippen molar-refractivity contribution in [2.75, 3.05) is 7.11 Å². The zero-order valence-corrected chi connectivity index (χ0v) is 13.7. The van der Waals surface area contributed by atoms with Crippen molar-refractivity contribution in [3.05, 3.63) is 65.0 Å². The molecule has 0 unspecified atom stereocenters. The van der Waals surface area contributed by atoms with Gasteiger partial charge in [-0.1, -0.05) is 6.07 Å². The number of aromatic nitrogens is 1. The van der Waals surface area contributed by atoms with E-state index in [9.17, 15) is 14.7 Å². The van der Waals surface area contributed by atoms with Crippen LogP contribution in [-0.2, 0) is 0 Å². The van der Waals surface area contributed by atoms with E-state index in [1.807, 2.05) is 19.2 Å². The van der Waals surface area contributed by atoms with Gasteiger partial charge < -0.3 is 14.2 Å². The van der Waals surface area contributed by atoms with Crippen molar-refractivity contribution in [2.45, 2.75) is 13.8 Å². The number of carbonyl (C=O) groups is 2. The fourth-order valence-corrected chi connectivity index (χ4v) is 2.82. The van der Waals surface area contributed by atoms with Crippen LogP contribution in [0.5, 0.6) is 11.5 Å². The molecule has 0 aliphatic heterocycles. The molecule has 0 radical (unpaired) electrons. The minimum absolute atomic E-state index is 0.0812. The van der Waals surface area contributed by atoms with Crippen LogP contribution in [0.2, 0.25) is 0 Å². The SMILES string of the molecule is COc1cccc(O)c1C(=O)c1cc(C(C)=O)c2cc(C)cn2c1. The molecular weight excluding hydrogens is 306 g/mol. The van der Waals surface area contributed by atoms with Gasteiger partial charge in [-0.3, -0.25) is 9.59 Å². The average molecular weight is 323 g/mol. The number of pyridine rings is 1. The monoisotopic (exact) mass is 323 g/mol. The number of aromatic hydroxyl groups is 1. The van der Waals surface area contributed by atoms with Gasteiger partial charge in [-0.15, -0.1) is 0 Å². The summed E-state index contributed by atoms with van der Waals surface area (Å²) >= 11 is 0. The van der Waals surface area contributed by atoms with E-state index in [4.69, 9.17) is 4.74 Å². The van der Waals surface area contributed by atoms with Gasteiger partial charge in [-0.2, -0.15) is 0 Å². The lowest BCUT2D eigenvalue weighted by Gasteiger charge is -2.11. The molecule has 3 rings (SSSR count). The summed E-state index contributed by atoms with van der Waals surface area (Å²) in [7, 11) is 1.44. The Morgan fingerprint density at radius 3 is 2.58 bits per heavy atom. The molecule has 0 saturated heterocycles. The highest BCUT2D eigenvalue weighted by molar-refractivity contribution is 6.14. The molecule has 24 heavy (non-hydrogen) atoms. The Morgan fingerprint density at radius 2 is 1.92 bits per heavy atom. The van der Waals surface area contributed by atoms with E-state index in [1.165, 1.54) is 20.1 Å². The molecular formula is C19H17NO4. The summed E-state index contributed by atoms with van der Waals surface area (Å²) in [6.07, 6.45) is 3.50. The number of phenolic OH excluding ortho intramolecular Hbond substituents is 1. The molecule has 0 saturated carbocycles. The summed E-state index contributed by atoms with van der Waals surface area (Å²) in [4.78, 5) is 24.9. The normalized spacial score (nSPS) is 10.8. The van der Waals surface area contributed by atoms with E-state index in [2.05, 4.69) is 0 Å². The fourth-order valence-electron chi connectivity index (χ4n) is 2.82. The van der Waals surface area contributed by atoms with Crippen LogP contribution in [0.15, 0.2) is 42.7 Å². The first-order chi connectivity index (χ1) is 11.4. The highest BCUT2D eigenvalue weighted by Crippen LogP contribution is 2.30. The first kappa shape index (κ1) is 15.8. The minimum atomic E-state index is -0.402. The Balaban J connectivity index is 2.23. The molecule has 0 spiro atoms. The quantitative estimate of drug-likeness (QED) is 0.747. The van der Waals surface area contributed by atoms with Crippen LogP contribution in [0.1, 0.15) is 38.8 Å². The third kappa shape index (κ3) is 2.54. The second-order valence-electron chi connectivity index (χ2n) is 5.69. The second-order valence-corrected chi connectivity index (χ2v) is 5.69. The van der Waals surface area contributed by atoms with Crippen molar-refractivity contribution >= 4 is 17.1 Å². The summed E-state index contributed by atoms with van der Waals surface area (Å²) < 4.78 is 6.94. The third-order valence-corrected chi connectivity index (χ3v) is 3.93. The molecule has 1 aromatic carbocycles. The van der Waals surface area contributed by atoms with Crippen molar-refractivity contribution in [3.63, 3.8) is 0 Å². The first-order valence-electron chi connectivity index (χ1n) is 7.46. The Morgan fingerprint density at radius 1 is 1.17 bits per heavy atom. The van der Waals surface area contributed by atoms with Gasteiger partial charge >= 0.3 is 0 Å². The lowest BCUT2D eigenvalue weighted by atomic mass is 10.00. The van der Waals surface area contributed by atoms with Gasteiger partial charge in [0.1, 0.15) is 17.1 Å². The summed E-state index contributed by atoms with van der Waals surface area (Å²) in [5.41, 5.74) is 2.59. The van der Waals surface area contributed by atoms with Gasteiger partial charge in [0.15, 0.2) is 5.78 Å². The highest BCUT2D eigenvalue weighted by atomic mass is 16.5. The number of phenols is 1. The number of ether oxygens (including phenoxy) is 1. The zero-order chi connectivity index (χ0) is 17.4. The minimum Gasteiger partial charge on any atom is -0.507 e. The summed E-state index contributed by atoms with van der Waals surface area (Å²) in [6, 6.07) is 8.10. The molecule has 0 aliphatic rings. The topological polar surface area (TPSA) is 68.0 Å². The van der Waals surface area contributed by atoms with E-state index in [-0.39, 0.29) is 22.8 Å². The molecule has 3 aromatic rings. The van der Waals surface area contributed by atoms with E-state index in [1.54, 1.807) is 28.8 Å². The van der Waals surface area contributed by atoms with Crippen LogP contribution in [-0.4, -0.2) is 28.2 Å². The Bertz CT molecular complexity index is 969. The van der Waals surface area contributed by atoms with Crippen molar-refractivity contribution in [1.82, 2.24) is 4.40 Å². The van der Waals surface area contributed by atoms with E-state index < -0.39 is 5.78 Å². The predicted octanol–water partition coefficient (Wildman–Crippen LogP) is 3.40. The van der Waals surface area contributed by atoms with Crippen LogP contribution in [0.25, 0.3) is 5.52 Å². The van der Waals surface area contributed by atoms with Gasteiger partial charge in [0.2, 0.25) is 5.78 Å². The van der Waals surface area contributed by atoms with Gasteiger partial charge in [0.05, 0.1) is 12.6 Å². The number of Topliss-reactive ketones (excluding diaryl/α,β-unsaturated/α-hetero) is 1. The van der Waals surface area contributed by atoms with Crippen LogP contribution in [0, 0.1) is 6.92 Å². The molecule has 1 N–H and O–H groups in total. The molecule has 5 nitrogen and oxygen atoms in total. The van der Waals surface area contributed by atoms with Crippen molar-refractivity contribution in [2.24, 2.45) is 0 Å². The molecule has 2 aromatic heterocycles. The molecule has 0 bridgehead atoms. The summed E-state index contributed by atoms with van der Waals surface area (Å²) in [5.74, 6) is -0.404. The van der Waals surface area contributed by atoms with Crippen LogP contribution in [0.4, 0.5) is 0 Å². The van der Waals surface area contributed by atoms with Gasteiger partial charge in [0.25, 0.3) is 0 Å². The number of ketones is 2. The van der Waals surface area contributed by atoms with Crippen molar-refractivity contribution in [3.8, 4) is 11.5 Å². The Labute approximate surface area is 139 Å². The number of methoxy groups -OCH3 is 1. The van der Waals surface area contributed by atoms with Gasteiger partial charge in [0, 0.05) is 23.5 Å². The lowest BCUT2D eigenvalue weighted by Crippen LogP contribution is -2.08. The second kappa shape index (κ2) is 5.85. The summed E-state index contributed by atoms with van der Waals surface area (Å²) in [5, 5.41) is 10.1. The molecule has 122 valence electrons. The van der Waals surface area contributed by atoms with Crippen molar-refractivity contribution in [1.29, 1.82) is 0 Å². The van der Waals surface area contributed by atoms with Crippen LogP contribution >= 0.6 is 0 Å². The van der Waals surface area contributed by atoms with Crippen LogP contribution < -0.4 is 4.74 Å². The Kier molecular flexibility index (Phi) is 3.85.